The van der Waals surface area contributed by atoms with Gasteiger partial charge in [-0.2, -0.15) is 0 Å². The van der Waals surface area contributed by atoms with Gasteiger partial charge in [0.2, 0.25) is 5.78 Å². The van der Waals surface area contributed by atoms with E-state index in [9.17, 15) is 9.90 Å². The number of carbonyl (C=O) groups is 1. The first-order valence-corrected chi connectivity index (χ1v) is 6.77. The number of para-hydroxylation sites is 3. The molecule has 5 heteroatoms. The van der Waals surface area contributed by atoms with Crippen LogP contribution in [-0.2, 0) is 4.79 Å². The van der Waals surface area contributed by atoms with E-state index in [1.807, 2.05) is 36.4 Å². The van der Waals surface area contributed by atoms with Crippen LogP contribution in [0, 0.1) is 0 Å². The Morgan fingerprint density at radius 3 is 2.32 bits per heavy atom. The Hall–Kier alpha value is -2.95. The lowest BCUT2D eigenvalue weighted by Gasteiger charge is -2.05. The molecule has 2 aromatic rings. The van der Waals surface area contributed by atoms with Crippen molar-refractivity contribution in [3.8, 4) is 11.5 Å². The molecule has 112 valence electrons. The number of azo groups is 1. The van der Waals surface area contributed by atoms with Gasteiger partial charge in [0.25, 0.3) is 0 Å². The quantitative estimate of drug-likeness (QED) is 0.506. The molecule has 0 aromatic heterocycles. The Labute approximate surface area is 128 Å². The van der Waals surface area contributed by atoms with Crippen molar-refractivity contribution in [3.63, 3.8) is 0 Å². The number of rotatable bonds is 5. The number of hydrogen-bond donors (Lipinski definition) is 2. The number of nitrogens with one attached hydrogen (secondary N) is 1. The molecule has 2 rings (SSSR count). The lowest BCUT2D eigenvalue weighted by molar-refractivity contribution is -0.469. The van der Waals surface area contributed by atoms with E-state index in [0.717, 1.165) is 0 Å². The van der Waals surface area contributed by atoms with Crippen molar-refractivity contribution < 1.29 is 19.8 Å². The minimum absolute atomic E-state index is 0.0505. The highest BCUT2D eigenvalue weighted by atomic mass is 16.5. The average Bonchev–Trinajstić information content (AvgIpc) is 2.49. The first-order chi connectivity index (χ1) is 10.6. The molecule has 0 bridgehead atoms. The number of ether oxygens (including phenoxy) is 1. The lowest BCUT2D eigenvalue weighted by Crippen LogP contribution is -2.65. The predicted octanol–water partition coefficient (Wildman–Crippen LogP) is 3.02. The highest BCUT2D eigenvalue weighted by molar-refractivity contribution is 5.90. The van der Waals surface area contributed by atoms with Crippen LogP contribution < -0.4 is 9.85 Å². The smallest absolute Gasteiger partial charge is 0.308 e. The van der Waals surface area contributed by atoms with Crippen LogP contribution in [-0.4, -0.2) is 10.9 Å². The van der Waals surface area contributed by atoms with Gasteiger partial charge >= 0.3 is 5.70 Å². The van der Waals surface area contributed by atoms with Crippen molar-refractivity contribution in [1.82, 2.24) is 0 Å². The monoisotopic (exact) mass is 297 g/mol. The molecular formula is C17H17N2O3+. The number of Topliss-reactive ketones (excluding diaryl/α,β-unsaturated/α-hetero) is 1. The number of hydrogen-bond acceptors (Lipinski definition) is 4. The molecule has 0 unspecified atom stereocenters. The second kappa shape index (κ2) is 7.17. The Kier molecular flexibility index (Phi) is 5.03. The number of benzene rings is 2. The van der Waals surface area contributed by atoms with Crippen LogP contribution in [0.15, 0.2) is 71.2 Å². The molecule has 0 amide bonds. The fourth-order valence-electron chi connectivity index (χ4n) is 1.78. The topological polar surface area (TPSA) is 72.9 Å². The van der Waals surface area contributed by atoms with Gasteiger partial charge in [0.1, 0.15) is 5.75 Å². The summed E-state index contributed by atoms with van der Waals surface area (Å²) in [6.07, 6.45) is 0. The summed E-state index contributed by atoms with van der Waals surface area (Å²) in [5.74, 6) is 0.813. The summed E-state index contributed by atoms with van der Waals surface area (Å²) >= 11 is 0. The van der Waals surface area contributed by atoms with Crippen molar-refractivity contribution >= 4 is 11.5 Å². The van der Waals surface area contributed by atoms with Crippen molar-refractivity contribution in [2.45, 2.75) is 13.8 Å². The van der Waals surface area contributed by atoms with Crippen LogP contribution in [0.3, 0.4) is 0 Å². The zero-order valence-electron chi connectivity index (χ0n) is 12.4. The van der Waals surface area contributed by atoms with E-state index >= 15 is 0 Å². The normalized spacial score (nSPS) is 12.1. The fourth-order valence-corrected chi connectivity index (χ4v) is 1.78. The summed E-state index contributed by atoms with van der Waals surface area (Å²) < 4.78 is 5.77. The molecule has 0 aliphatic rings. The molecule has 0 heterocycles. The van der Waals surface area contributed by atoms with E-state index in [4.69, 9.17) is 4.74 Å². The number of aliphatic hydroxyl groups excluding tert-OH is 1. The van der Waals surface area contributed by atoms with E-state index in [1.165, 1.54) is 13.8 Å². The fraction of sp³-hybridized carbons (Fsp3) is 0.118. The minimum Gasteiger partial charge on any atom is -0.506 e. The molecule has 5 nitrogen and oxygen atoms in total. The largest absolute Gasteiger partial charge is 0.506 e. The SMILES string of the molecule is CC(=O)C([NH+]=Nc1ccccc1Oc1ccccc1)=C(C)O. The van der Waals surface area contributed by atoms with Gasteiger partial charge in [0, 0.05) is 19.0 Å². The van der Waals surface area contributed by atoms with Crippen LogP contribution in [0.25, 0.3) is 0 Å². The summed E-state index contributed by atoms with van der Waals surface area (Å²) in [4.78, 5) is 11.4. The van der Waals surface area contributed by atoms with Gasteiger partial charge in [-0.25, -0.2) is 0 Å². The van der Waals surface area contributed by atoms with Gasteiger partial charge in [-0.3, -0.25) is 4.79 Å². The molecule has 0 radical (unpaired) electrons. The number of carbonyl (C=O) groups excluding carboxylic acids is 1. The minimum atomic E-state index is -0.301. The Morgan fingerprint density at radius 2 is 1.68 bits per heavy atom. The third-order valence-electron chi connectivity index (χ3n) is 2.84. The number of aliphatic hydroxyl groups is 1. The Bertz CT molecular complexity index is 718. The van der Waals surface area contributed by atoms with E-state index in [-0.39, 0.29) is 17.2 Å². The van der Waals surface area contributed by atoms with Crippen molar-refractivity contribution in [2.75, 3.05) is 0 Å². The number of ketones is 1. The second-order valence-electron chi connectivity index (χ2n) is 4.62. The molecular weight excluding hydrogens is 280 g/mol. The molecule has 0 fully saturated rings. The predicted molar refractivity (Wildman–Crippen MR) is 82.0 cm³/mol. The molecule has 22 heavy (non-hydrogen) atoms. The van der Waals surface area contributed by atoms with Gasteiger partial charge in [0.05, 0.1) is 0 Å². The standard InChI is InChI=1S/C17H16N2O3/c1-12(20)17(13(2)21)19-18-15-10-6-7-11-16(15)22-14-8-4-3-5-9-14/h3-11,20H,1-2H3/p+1. The van der Waals surface area contributed by atoms with Crippen molar-refractivity contribution in [3.05, 3.63) is 66.1 Å². The van der Waals surface area contributed by atoms with E-state index in [2.05, 4.69) is 10.2 Å². The molecule has 0 saturated carbocycles. The molecule has 0 atom stereocenters. The highest BCUT2D eigenvalue weighted by Gasteiger charge is 2.15. The van der Waals surface area contributed by atoms with Crippen molar-refractivity contribution in [2.24, 2.45) is 5.11 Å². The summed E-state index contributed by atoms with van der Waals surface area (Å²) in [6, 6.07) is 16.5. The second-order valence-corrected chi connectivity index (χ2v) is 4.62. The maximum Gasteiger partial charge on any atom is 0.308 e. The molecule has 0 aliphatic carbocycles. The van der Waals surface area contributed by atoms with Gasteiger partial charge in [-0.15, -0.1) is 0 Å². The third-order valence-corrected chi connectivity index (χ3v) is 2.84. The highest BCUT2D eigenvalue weighted by Crippen LogP contribution is 2.30. The first kappa shape index (κ1) is 15.4. The zero-order valence-corrected chi connectivity index (χ0v) is 12.4. The zero-order chi connectivity index (χ0) is 15.9. The third kappa shape index (κ3) is 4.02. The van der Waals surface area contributed by atoms with Gasteiger partial charge in [-0.1, -0.05) is 35.4 Å². The maximum atomic E-state index is 11.4. The summed E-state index contributed by atoms with van der Waals surface area (Å²) in [5, 5.41) is 16.2. The molecule has 0 saturated heterocycles. The van der Waals surface area contributed by atoms with Gasteiger partial charge in [-0.05, 0) is 24.3 Å². The first-order valence-electron chi connectivity index (χ1n) is 6.77. The maximum absolute atomic E-state index is 11.4. The van der Waals surface area contributed by atoms with Crippen LogP contribution in [0.1, 0.15) is 13.8 Å². The molecule has 0 aliphatic heterocycles. The Balaban J connectivity index is 2.29. The van der Waals surface area contributed by atoms with E-state index in [0.29, 0.717) is 17.2 Å². The van der Waals surface area contributed by atoms with Gasteiger partial charge < -0.3 is 9.84 Å². The average molecular weight is 297 g/mol. The van der Waals surface area contributed by atoms with Crippen LogP contribution in [0.5, 0.6) is 11.5 Å². The summed E-state index contributed by atoms with van der Waals surface area (Å²) in [5.41, 5.74) is 0.570. The van der Waals surface area contributed by atoms with E-state index < -0.39 is 0 Å². The summed E-state index contributed by atoms with van der Waals surface area (Å²) in [6.45, 7) is 2.77. The number of nitrogens with zero attached hydrogens (tertiary/aromatic N) is 1. The van der Waals surface area contributed by atoms with Gasteiger partial charge in [0.15, 0.2) is 17.2 Å². The van der Waals surface area contributed by atoms with Crippen LogP contribution in [0.4, 0.5) is 5.69 Å². The lowest BCUT2D eigenvalue weighted by atomic mass is 10.3. The number of allylic oxidation sites excluding steroid dienone is 2. The van der Waals surface area contributed by atoms with Crippen LogP contribution >= 0.6 is 0 Å². The van der Waals surface area contributed by atoms with Crippen molar-refractivity contribution in [1.29, 1.82) is 0 Å². The molecule has 0 spiro atoms. The molecule has 2 aromatic carbocycles. The summed E-state index contributed by atoms with van der Waals surface area (Å²) in [7, 11) is 0. The van der Waals surface area contributed by atoms with Crippen LogP contribution in [0.2, 0.25) is 0 Å². The Morgan fingerprint density at radius 1 is 1.05 bits per heavy atom. The molecule has 2 N–H and O–H groups in total. The van der Waals surface area contributed by atoms with E-state index in [1.54, 1.807) is 18.2 Å².